The first-order valence-corrected chi connectivity index (χ1v) is 7.16. The number of alkyl halides is 1. The van der Waals surface area contributed by atoms with E-state index in [1.165, 1.54) is 0 Å². The Morgan fingerprint density at radius 1 is 1.00 bits per heavy atom. The molecule has 18 heavy (non-hydrogen) atoms. The van der Waals surface area contributed by atoms with Gasteiger partial charge in [-0.3, -0.25) is 0 Å². The highest BCUT2D eigenvalue weighted by Gasteiger charge is 2.06. The van der Waals surface area contributed by atoms with Crippen molar-refractivity contribution in [2.75, 3.05) is 0 Å². The van der Waals surface area contributed by atoms with Crippen LogP contribution in [0.25, 0.3) is 0 Å². The van der Waals surface area contributed by atoms with Crippen molar-refractivity contribution in [3.63, 3.8) is 0 Å². The summed E-state index contributed by atoms with van der Waals surface area (Å²) in [4.78, 5) is 0. The summed E-state index contributed by atoms with van der Waals surface area (Å²) < 4.78 is 6.70. The second-order valence-electron chi connectivity index (χ2n) is 3.56. The Morgan fingerprint density at radius 2 is 1.78 bits per heavy atom. The molecule has 94 valence electrons. The highest BCUT2D eigenvalue weighted by Crippen LogP contribution is 2.32. The molecule has 0 fully saturated rings. The van der Waals surface area contributed by atoms with Gasteiger partial charge in [-0.05, 0) is 30.3 Å². The minimum absolute atomic E-state index is 0.371. The van der Waals surface area contributed by atoms with Crippen LogP contribution in [0.2, 0.25) is 10.0 Å². The van der Waals surface area contributed by atoms with E-state index < -0.39 is 0 Å². The van der Waals surface area contributed by atoms with Gasteiger partial charge in [-0.2, -0.15) is 0 Å². The SMILES string of the molecule is ClCc1cc(Br)ccc1Oc1ccc(Cl)c(Cl)c1. The second-order valence-corrected chi connectivity index (χ2v) is 5.56. The number of benzene rings is 2. The molecule has 2 aromatic rings. The molecule has 5 heteroatoms. The summed E-state index contributed by atoms with van der Waals surface area (Å²) in [6.07, 6.45) is 0. The van der Waals surface area contributed by atoms with E-state index in [2.05, 4.69) is 15.9 Å². The maximum atomic E-state index is 5.93. The van der Waals surface area contributed by atoms with Crippen LogP contribution in [0.15, 0.2) is 40.9 Å². The third kappa shape index (κ3) is 3.33. The summed E-state index contributed by atoms with van der Waals surface area (Å²) in [5.74, 6) is 1.69. The van der Waals surface area contributed by atoms with Crippen molar-refractivity contribution < 1.29 is 4.74 Å². The van der Waals surface area contributed by atoms with Gasteiger partial charge in [0, 0.05) is 16.1 Å². The topological polar surface area (TPSA) is 9.23 Å². The standard InChI is InChI=1S/C13H8BrCl3O/c14-9-1-4-13(8(5-9)7-15)18-10-2-3-11(16)12(17)6-10/h1-6H,7H2. The van der Waals surface area contributed by atoms with E-state index in [-0.39, 0.29) is 0 Å². The van der Waals surface area contributed by atoms with Crippen molar-refractivity contribution in [3.8, 4) is 11.5 Å². The fourth-order valence-corrected chi connectivity index (χ4v) is 2.32. The summed E-state index contributed by atoms with van der Waals surface area (Å²) in [5, 5.41) is 0.955. The Balaban J connectivity index is 2.30. The Bertz CT molecular complexity index is 572. The molecule has 0 aliphatic carbocycles. The van der Waals surface area contributed by atoms with Gasteiger partial charge in [0.2, 0.25) is 0 Å². The molecular weight excluding hydrogens is 358 g/mol. The zero-order valence-corrected chi connectivity index (χ0v) is 12.9. The van der Waals surface area contributed by atoms with Gasteiger partial charge in [0.05, 0.1) is 15.9 Å². The Kier molecular flexibility index (Phi) is 4.79. The maximum Gasteiger partial charge on any atom is 0.131 e. The molecule has 0 atom stereocenters. The van der Waals surface area contributed by atoms with Gasteiger partial charge in [-0.1, -0.05) is 39.1 Å². The van der Waals surface area contributed by atoms with Crippen LogP contribution in [-0.4, -0.2) is 0 Å². The fourth-order valence-electron chi connectivity index (χ4n) is 1.42. The van der Waals surface area contributed by atoms with Crippen molar-refractivity contribution in [1.82, 2.24) is 0 Å². The monoisotopic (exact) mass is 364 g/mol. The normalized spacial score (nSPS) is 10.4. The van der Waals surface area contributed by atoms with Crippen LogP contribution < -0.4 is 4.74 Å². The summed E-state index contributed by atoms with van der Waals surface area (Å²) in [5.41, 5.74) is 0.900. The van der Waals surface area contributed by atoms with E-state index in [0.29, 0.717) is 27.4 Å². The molecule has 0 aromatic heterocycles. The van der Waals surface area contributed by atoms with E-state index in [1.54, 1.807) is 18.2 Å². The van der Waals surface area contributed by atoms with Crippen molar-refractivity contribution in [1.29, 1.82) is 0 Å². The summed E-state index contributed by atoms with van der Waals surface area (Å²) in [7, 11) is 0. The maximum absolute atomic E-state index is 5.93. The van der Waals surface area contributed by atoms with Gasteiger partial charge < -0.3 is 4.74 Å². The van der Waals surface area contributed by atoms with Crippen molar-refractivity contribution >= 4 is 50.7 Å². The third-order valence-electron chi connectivity index (χ3n) is 2.29. The summed E-state index contributed by atoms with van der Waals surface area (Å²) in [6, 6.07) is 10.8. The molecule has 2 rings (SSSR count). The predicted octanol–water partition coefficient (Wildman–Crippen LogP) is 6.29. The van der Waals surface area contributed by atoms with Gasteiger partial charge in [-0.15, -0.1) is 11.6 Å². The van der Waals surface area contributed by atoms with Gasteiger partial charge in [0.15, 0.2) is 0 Å². The molecule has 0 unspecified atom stereocenters. The zero-order valence-electron chi connectivity index (χ0n) is 9.09. The molecule has 0 spiro atoms. The van der Waals surface area contributed by atoms with Crippen molar-refractivity contribution in [3.05, 3.63) is 56.5 Å². The molecule has 0 radical (unpaired) electrons. The van der Waals surface area contributed by atoms with Crippen LogP contribution in [-0.2, 0) is 5.88 Å². The molecule has 0 saturated heterocycles. The van der Waals surface area contributed by atoms with Crippen LogP contribution >= 0.6 is 50.7 Å². The van der Waals surface area contributed by atoms with Crippen molar-refractivity contribution in [2.24, 2.45) is 0 Å². The Labute approximate surface area is 129 Å². The number of rotatable bonds is 3. The summed E-state index contributed by atoms with van der Waals surface area (Å²) in [6.45, 7) is 0. The first-order valence-electron chi connectivity index (χ1n) is 5.07. The summed E-state index contributed by atoms with van der Waals surface area (Å²) >= 11 is 21.1. The third-order valence-corrected chi connectivity index (χ3v) is 3.81. The molecule has 0 aliphatic heterocycles. The molecule has 0 heterocycles. The van der Waals surface area contributed by atoms with Crippen LogP contribution in [0, 0.1) is 0 Å². The minimum atomic E-state index is 0.371. The molecular formula is C13H8BrCl3O. The predicted molar refractivity (Wildman–Crippen MR) is 80.2 cm³/mol. The molecule has 0 N–H and O–H groups in total. The molecule has 1 nitrogen and oxygen atoms in total. The second kappa shape index (κ2) is 6.16. The van der Waals surface area contributed by atoms with E-state index in [4.69, 9.17) is 39.5 Å². The van der Waals surface area contributed by atoms with E-state index in [1.807, 2.05) is 18.2 Å². The number of hydrogen-bond donors (Lipinski definition) is 0. The molecule has 0 bridgehead atoms. The van der Waals surface area contributed by atoms with Crippen molar-refractivity contribution in [2.45, 2.75) is 5.88 Å². The molecule has 0 saturated carbocycles. The van der Waals surface area contributed by atoms with E-state index >= 15 is 0 Å². The molecule has 0 aliphatic rings. The van der Waals surface area contributed by atoms with Gasteiger partial charge in [-0.25, -0.2) is 0 Å². The fraction of sp³-hybridized carbons (Fsp3) is 0.0769. The average molecular weight is 366 g/mol. The van der Waals surface area contributed by atoms with Gasteiger partial charge in [0.1, 0.15) is 11.5 Å². The van der Waals surface area contributed by atoms with Crippen LogP contribution in [0.3, 0.4) is 0 Å². The average Bonchev–Trinajstić information content (AvgIpc) is 2.36. The smallest absolute Gasteiger partial charge is 0.131 e. The number of ether oxygens (including phenoxy) is 1. The lowest BCUT2D eigenvalue weighted by atomic mass is 10.2. The lowest BCUT2D eigenvalue weighted by Gasteiger charge is -2.10. The van der Waals surface area contributed by atoms with E-state index in [9.17, 15) is 0 Å². The van der Waals surface area contributed by atoms with Crippen LogP contribution in [0.4, 0.5) is 0 Å². The van der Waals surface area contributed by atoms with Crippen LogP contribution in [0.5, 0.6) is 11.5 Å². The van der Waals surface area contributed by atoms with Crippen LogP contribution in [0.1, 0.15) is 5.56 Å². The van der Waals surface area contributed by atoms with Gasteiger partial charge >= 0.3 is 0 Å². The van der Waals surface area contributed by atoms with Gasteiger partial charge in [0.25, 0.3) is 0 Å². The molecule has 2 aromatic carbocycles. The number of hydrogen-bond acceptors (Lipinski definition) is 1. The first-order chi connectivity index (χ1) is 8.60. The first kappa shape index (κ1) is 14.0. The highest BCUT2D eigenvalue weighted by molar-refractivity contribution is 9.10. The van der Waals surface area contributed by atoms with E-state index in [0.717, 1.165) is 10.0 Å². The highest BCUT2D eigenvalue weighted by atomic mass is 79.9. The number of halogens is 4. The quantitative estimate of drug-likeness (QED) is 0.580. The Hall–Kier alpha value is -0.410. The lowest BCUT2D eigenvalue weighted by molar-refractivity contribution is 0.478. The zero-order chi connectivity index (χ0) is 13.1. The molecule has 0 amide bonds. The minimum Gasteiger partial charge on any atom is -0.457 e. The Morgan fingerprint density at radius 3 is 2.44 bits per heavy atom. The lowest BCUT2D eigenvalue weighted by Crippen LogP contribution is -1.89. The largest absolute Gasteiger partial charge is 0.457 e.